The minimum Gasteiger partial charge on any atom is -0.429 e. The SMILES string of the molecule is C=C(C)C(=O)OC(C)OOC(=O)OC(C)CC(C)(C)OOC(C)(C)C. The third-order valence-electron chi connectivity index (χ3n) is 2.47. The molecule has 0 fully saturated rings. The van der Waals surface area contributed by atoms with Crippen LogP contribution in [0.2, 0.25) is 0 Å². The van der Waals surface area contributed by atoms with E-state index in [1.54, 1.807) is 20.8 Å². The van der Waals surface area contributed by atoms with Crippen LogP contribution in [0.5, 0.6) is 0 Å². The normalized spacial score (nSPS) is 14.4. The fourth-order valence-corrected chi connectivity index (χ4v) is 1.57. The highest BCUT2D eigenvalue weighted by molar-refractivity contribution is 5.86. The molecule has 25 heavy (non-hydrogen) atoms. The highest BCUT2D eigenvalue weighted by Crippen LogP contribution is 2.22. The van der Waals surface area contributed by atoms with Crippen LogP contribution in [0.15, 0.2) is 12.2 Å². The van der Waals surface area contributed by atoms with E-state index in [1.807, 2.05) is 20.8 Å². The molecule has 2 atom stereocenters. The lowest BCUT2D eigenvalue weighted by Gasteiger charge is -2.30. The van der Waals surface area contributed by atoms with Gasteiger partial charge in [-0.15, -0.1) is 4.89 Å². The average molecular weight is 362 g/mol. The zero-order chi connectivity index (χ0) is 19.8. The Labute approximate surface area is 149 Å². The Balaban J connectivity index is 4.20. The summed E-state index contributed by atoms with van der Waals surface area (Å²) in [7, 11) is 0. The second-order valence-corrected chi connectivity index (χ2v) is 7.35. The maximum atomic E-state index is 11.6. The van der Waals surface area contributed by atoms with Crippen LogP contribution in [0, 0.1) is 0 Å². The summed E-state index contributed by atoms with van der Waals surface area (Å²) in [6, 6.07) is 0. The molecule has 0 spiro atoms. The summed E-state index contributed by atoms with van der Waals surface area (Å²) in [4.78, 5) is 42.6. The number of carbonyl (C=O) groups excluding carboxylic acids is 2. The lowest BCUT2D eigenvalue weighted by Crippen LogP contribution is -2.34. The molecule has 146 valence electrons. The van der Waals surface area contributed by atoms with Crippen LogP contribution < -0.4 is 0 Å². The van der Waals surface area contributed by atoms with Crippen molar-refractivity contribution in [2.45, 2.75) is 85.4 Å². The molecule has 8 nitrogen and oxygen atoms in total. The van der Waals surface area contributed by atoms with Gasteiger partial charge >= 0.3 is 12.1 Å². The number of carbonyl (C=O) groups is 2. The molecule has 0 radical (unpaired) electrons. The smallest absolute Gasteiger partial charge is 0.429 e. The van der Waals surface area contributed by atoms with Crippen molar-refractivity contribution in [3.8, 4) is 0 Å². The number of hydrogen-bond donors (Lipinski definition) is 0. The van der Waals surface area contributed by atoms with Crippen molar-refractivity contribution in [3.05, 3.63) is 12.2 Å². The molecule has 0 rings (SSSR count). The summed E-state index contributed by atoms with van der Waals surface area (Å²) in [5, 5.41) is 0. The molecule has 0 N–H and O–H groups in total. The van der Waals surface area contributed by atoms with E-state index in [-0.39, 0.29) is 5.57 Å². The first-order valence-corrected chi connectivity index (χ1v) is 7.99. The number of rotatable bonds is 9. The summed E-state index contributed by atoms with van der Waals surface area (Å²) in [6.45, 7) is 17.2. The first kappa shape index (κ1) is 23.4. The molecule has 0 aromatic heterocycles. The van der Waals surface area contributed by atoms with E-state index in [1.165, 1.54) is 13.8 Å². The molecule has 0 aliphatic heterocycles. The summed E-state index contributed by atoms with van der Waals surface area (Å²) in [5.74, 6) is -0.657. The molecule has 0 bridgehead atoms. The van der Waals surface area contributed by atoms with Crippen LogP contribution in [0.25, 0.3) is 0 Å². The molecule has 0 aromatic carbocycles. The number of ether oxygens (including phenoxy) is 2. The van der Waals surface area contributed by atoms with Gasteiger partial charge < -0.3 is 9.47 Å². The van der Waals surface area contributed by atoms with Gasteiger partial charge in [0.1, 0.15) is 11.7 Å². The van der Waals surface area contributed by atoms with Gasteiger partial charge in [-0.2, -0.15) is 0 Å². The molecular weight excluding hydrogens is 332 g/mol. The largest absolute Gasteiger partial charge is 0.540 e. The van der Waals surface area contributed by atoms with Crippen LogP contribution in [0.4, 0.5) is 4.79 Å². The topological polar surface area (TPSA) is 89.5 Å². The van der Waals surface area contributed by atoms with E-state index in [4.69, 9.17) is 19.2 Å². The quantitative estimate of drug-likeness (QED) is 0.201. The van der Waals surface area contributed by atoms with Crippen molar-refractivity contribution in [2.24, 2.45) is 0 Å². The highest BCUT2D eigenvalue weighted by Gasteiger charge is 2.28. The lowest BCUT2D eigenvalue weighted by atomic mass is 10.0. The Morgan fingerprint density at radius 2 is 1.56 bits per heavy atom. The zero-order valence-corrected chi connectivity index (χ0v) is 16.3. The van der Waals surface area contributed by atoms with E-state index in [0.29, 0.717) is 6.42 Å². The second kappa shape index (κ2) is 9.74. The first-order chi connectivity index (χ1) is 11.2. The van der Waals surface area contributed by atoms with Crippen molar-refractivity contribution in [1.82, 2.24) is 0 Å². The minimum atomic E-state index is -1.09. The minimum absolute atomic E-state index is 0.200. The van der Waals surface area contributed by atoms with Gasteiger partial charge in [-0.05, 0) is 48.5 Å². The monoisotopic (exact) mass is 362 g/mol. The summed E-state index contributed by atoms with van der Waals surface area (Å²) < 4.78 is 9.82. The third-order valence-corrected chi connectivity index (χ3v) is 2.47. The van der Waals surface area contributed by atoms with Crippen molar-refractivity contribution in [1.29, 1.82) is 0 Å². The summed E-state index contributed by atoms with van der Waals surface area (Å²) >= 11 is 0. The molecule has 0 saturated heterocycles. The third kappa shape index (κ3) is 12.4. The number of esters is 1. The van der Waals surface area contributed by atoms with Gasteiger partial charge in [0.15, 0.2) is 0 Å². The second-order valence-electron chi connectivity index (χ2n) is 7.35. The molecule has 0 heterocycles. The zero-order valence-electron chi connectivity index (χ0n) is 16.3. The van der Waals surface area contributed by atoms with E-state index in [9.17, 15) is 9.59 Å². The maximum absolute atomic E-state index is 11.6. The maximum Gasteiger partial charge on any atom is 0.540 e. The average Bonchev–Trinajstić information content (AvgIpc) is 2.41. The molecule has 2 unspecified atom stereocenters. The fourth-order valence-electron chi connectivity index (χ4n) is 1.57. The molecule has 0 aliphatic rings. The van der Waals surface area contributed by atoms with Crippen LogP contribution in [0.1, 0.15) is 61.8 Å². The Kier molecular flexibility index (Phi) is 9.10. The number of hydrogen-bond acceptors (Lipinski definition) is 8. The van der Waals surface area contributed by atoms with Crippen LogP contribution in [-0.4, -0.2) is 35.7 Å². The van der Waals surface area contributed by atoms with Gasteiger partial charge in [-0.3, -0.25) is 4.89 Å². The van der Waals surface area contributed by atoms with E-state index in [0.717, 1.165) is 0 Å². The van der Waals surface area contributed by atoms with Crippen LogP contribution in [-0.2, 0) is 33.8 Å². The van der Waals surface area contributed by atoms with Crippen molar-refractivity contribution in [2.75, 3.05) is 0 Å². The van der Waals surface area contributed by atoms with Gasteiger partial charge in [0, 0.05) is 18.9 Å². The first-order valence-electron chi connectivity index (χ1n) is 7.99. The van der Waals surface area contributed by atoms with Crippen molar-refractivity contribution in [3.63, 3.8) is 0 Å². The molecule has 0 saturated carbocycles. The molecule has 0 aliphatic carbocycles. The van der Waals surface area contributed by atoms with Crippen molar-refractivity contribution >= 4 is 12.1 Å². The molecule has 0 aromatic rings. The fraction of sp³-hybridized carbons (Fsp3) is 0.765. The summed E-state index contributed by atoms with van der Waals surface area (Å²) in [5.41, 5.74) is -0.935. The van der Waals surface area contributed by atoms with Crippen LogP contribution in [0.3, 0.4) is 0 Å². The van der Waals surface area contributed by atoms with Gasteiger partial charge in [0.05, 0.1) is 5.60 Å². The van der Waals surface area contributed by atoms with Gasteiger partial charge in [-0.1, -0.05) is 6.58 Å². The Morgan fingerprint density at radius 3 is 2.04 bits per heavy atom. The molecular formula is C17H30O8. The predicted molar refractivity (Wildman–Crippen MR) is 89.1 cm³/mol. The Bertz CT molecular complexity index is 464. The Morgan fingerprint density at radius 1 is 1.00 bits per heavy atom. The van der Waals surface area contributed by atoms with E-state index in [2.05, 4.69) is 16.4 Å². The van der Waals surface area contributed by atoms with Crippen molar-refractivity contribution < 1.29 is 38.6 Å². The van der Waals surface area contributed by atoms with Gasteiger partial charge in [0.2, 0.25) is 6.29 Å². The van der Waals surface area contributed by atoms with Gasteiger partial charge in [0.25, 0.3) is 0 Å². The molecule has 0 amide bonds. The highest BCUT2D eigenvalue weighted by atomic mass is 17.3. The van der Waals surface area contributed by atoms with Crippen LogP contribution >= 0.6 is 0 Å². The van der Waals surface area contributed by atoms with E-state index < -0.39 is 35.7 Å². The Hall–Kier alpha value is -1.64. The lowest BCUT2D eigenvalue weighted by molar-refractivity contribution is -0.400. The van der Waals surface area contributed by atoms with Gasteiger partial charge in [-0.25, -0.2) is 19.4 Å². The summed E-state index contributed by atoms with van der Waals surface area (Å²) in [6.07, 6.45) is -2.31. The standard InChI is InChI=1S/C17H30O8/c1-11(2)14(18)21-13(4)22-23-15(19)20-12(3)10-17(8,9)25-24-16(5,6)7/h12-13H,1,10H2,2-9H3. The van der Waals surface area contributed by atoms with E-state index >= 15 is 0 Å². The predicted octanol–water partition coefficient (Wildman–Crippen LogP) is 3.84. The molecule has 8 heteroatoms.